The van der Waals surface area contributed by atoms with Crippen molar-refractivity contribution >= 4 is 5.78 Å². The molecule has 0 N–H and O–H groups in total. The zero-order valence-electron chi connectivity index (χ0n) is 13.4. The molecule has 0 atom stereocenters. The number of rotatable bonds is 7. The molecule has 1 saturated carbocycles. The first-order valence-corrected chi connectivity index (χ1v) is 8.51. The first kappa shape index (κ1) is 16.1. The van der Waals surface area contributed by atoms with Crippen LogP contribution < -0.4 is 4.74 Å². The molecule has 0 unspecified atom stereocenters. The Kier molecular flexibility index (Phi) is 6.28. The lowest BCUT2D eigenvalue weighted by molar-refractivity contribution is 0.0870. The van der Waals surface area contributed by atoms with Gasteiger partial charge in [-0.2, -0.15) is 0 Å². The van der Waals surface area contributed by atoms with Crippen molar-refractivity contribution in [2.24, 2.45) is 11.8 Å². The molecule has 21 heavy (non-hydrogen) atoms. The molecule has 0 spiro atoms. The van der Waals surface area contributed by atoms with Gasteiger partial charge in [-0.25, -0.2) is 0 Å². The van der Waals surface area contributed by atoms with Crippen molar-refractivity contribution in [2.45, 2.75) is 58.8 Å². The number of hydrogen-bond donors (Lipinski definition) is 0. The lowest BCUT2D eigenvalue weighted by Gasteiger charge is -2.27. The standard InChI is InChI=1S/C19H28O2/c1-3-5-15-6-8-16(9-7-15)19(20)17-10-12-18(13-11-17)21-14-4-2/h10-13,15-16H,3-9,14H2,1-2H3. The van der Waals surface area contributed by atoms with E-state index in [-0.39, 0.29) is 5.92 Å². The lowest BCUT2D eigenvalue weighted by atomic mass is 9.77. The van der Waals surface area contributed by atoms with E-state index in [0.717, 1.165) is 43.1 Å². The molecule has 2 rings (SSSR count). The second-order valence-electron chi connectivity index (χ2n) is 6.24. The normalized spacial score (nSPS) is 22.0. The number of ether oxygens (including phenoxy) is 1. The van der Waals surface area contributed by atoms with E-state index in [2.05, 4.69) is 13.8 Å². The molecule has 0 aliphatic heterocycles. The Bertz CT molecular complexity index is 427. The second kappa shape index (κ2) is 8.21. The van der Waals surface area contributed by atoms with Crippen LogP contribution in [0.1, 0.15) is 69.2 Å². The van der Waals surface area contributed by atoms with E-state index in [4.69, 9.17) is 4.74 Å². The van der Waals surface area contributed by atoms with Crippen LogP contribution >= 0.6 is 0 Å². The zero-order chi connectivity index (χ0) is 15.1. The molecule has 0 saturated heterocycles. The van der Waals surface area contributed by atoms with Gasteiger partial charge >= 0.3 is 0 Å². The van der Waals surface area contributed by atoms with Gasteiger partial charge in [-0.1, -0.05) is 26.7 Å². The molecule has 0 bridgehead atoms. The topological polar surface area (TPSA) is 26.3 Å². The van der Waals surface area contributed by atoms with Crippen molar-refractivity contribution in [3.63, 3.8) is 0 Å². The highest BCUT2D eigenvalue weighted by Gasteiger charge is 2.26. The summed E-state index contributed by atoms with van der Waals surface area (Å²) in [4.78, 5) is 12.5. The summed E-state index contributed by atoms with van der Waals surface area (Å²) in [7, 11) is 0. The number of Topliss-reactive ketones (excluding diaryl/α,β-unsaturated/α-hetero) is 1. The van der Waals surface area contributed by atoms with Crippen LogP contribution in [-0.4, -0.2) is 12.4 Å². The number of benzene rings is 1. The molecule has 0 aromatic heterocycles. The van der Waals surface area contributed by atoms with Crippen molar-refractivity contribution in [1.82, 2.24) is 0 Å². The highest BCUT2D eigenvalue weighted by Crippen LogP contribution is 2.33. The predicted molar refractivity (Wildman–Crippen MR) is 86.9 cm³/mol. The third kappa shape index (κ3) is 4.59. The molecule has 0 heterocycles. The van der Waals surface area contributed by atoms with Gasteiger partial charge in [-0.3, -0.25) is 4.79 Å². The molecule has 116 valence electrons. The Labute approximate surface area is 128 Å². The first-order valence-electron chi connectivity index (χ1n) is 8.51. The summed E-state index contributed by atoms with van der Waals surface area (Å²) in [6, 6.07) is 7.69. The molecular weight excluding hydrogens is 260 g/mol. The highest BCUT2D eigenvalue weighted by atomic mass is 16.5. The average molecular weight is 288 g/mol. The van der Waals surface area contributed by atoms with Crippen LogP contribution in [0.3, 0.4) is 0 Å². The summed E-state index contributed by atoms with van der Waals surface area (Å²) in [6.45, 7) is 5.07. The van der Waals surface area contributed by atoms with Crippen LogP contribution in [0.15, 0.2) is 24.3 Å². The van der Waals surface area contributed by atoms with Gasteiger partial charge < -0.3 is 4.74 Å². The molecular formula is C19H28O2. The second-order valence-corrected chi connectivity index (χ2v) is 6.24. The molecule has 1 aliphatic carbocycles. The Balaban J connectivity index is 1.88. The van der Waals surface area contributed by atoms with Gasteiger partial charge in [-0.05, 0) is 62.3 Å². The fraction of sp³-hybridized carbons (Fsp3) is 0.632. The van der Waals surface area contributed by atoms with Gasteiger partial charge in [0.25, 0.3) is 0 Å². The molecule has 0 radical (unpaired) electrons. The van der Waals surface area contributed by atoms with E-state index in [1.807, 2.05) is 24.3 Å². The minimum atomic E-state index is 0.237. The molecule has 2 nitrogen and oxygen atoms in total. The van der Waals surface area contributed by atoms with Gasteiger partial charge in [0.15, 0.2) is 5.78 Å². The van der Waals surface area contributed by atoms with Crippen LogP contribution in [0.25, 0.3) is 0 Å². The maximum Gasteiger partial charge on any atom is 0.165 e. The van der Waals surface area contributed by atoms with Crippen LogP contribution in [0.5, 0.6) is 5.75 Å². The lowest BCUT2D eigenvalue weighted by Crippen LogP contribution is -2.22. The van der Waals surface area contributed by atoms with Crippen LogP contribution in [-0.2, 0) is 0 Å². The van der Waals surface area contributed by atoms with Gasteiger partial charge in [-0.15, -0.1) is 0 Å². The summed E-state index contributed by atoms with van der Waals surface area (Å²) in [5, 5.41) is 0. The third-order valence-corrected chi connectivity index (χ3v) is 4.53. The summed E-state index contributed by atoms with van der Waals surface area (Å²) >= 11 is 0. The van der Waals surface area contributed by atoms with E-state index >= 15 is 0 Å². The van der Waals surface area contributed by atoms with Gasteiger partial charge in [0, 0.05) is 11.5 Å². The minimum absolute atomic E-state index is 0.237. The molecule has 2 heteroatoms. The first-order chi connectivity index (χ1) is 10.2. The quantitative estimate of drug-likeness (QED) is 0.639. The van der Waals surface area contributed by atoms with Crippen molar-refractivity contribution in [3.8, 4) is 5.75 Å². The van der Waals surface area contributed by atoms with Crippen LogP contribution in [0.4, 0.5) is 0 Å². The molecule has 1 fully saturated rings. The van der Waals surface area contributed by atoms with Gasteiger partial charge in [0.05, 0.1) is 6.61 Å². The summed E-state index contributed by atoms with van der Waals surface area (Å²) < 4.78 is 5.57. The molecule has 1 aromatic rings. The fourth-order valence-electron chi connectivity index (χ4n) is 3.29. The smallest absolute Gasteiger partial charge is 0.165 e. The fourth-order valence-corrected chi connectivity index (χ4v) is 3.29. The van der Waals surface area contributed by atoms with Crippen molar-refractivity contribution in [3.05, 3.63) is 29.8 Å². The van der Waals surface area contributed by atoms with Crippen molar-refractivity contribution in [2.75, 3.05) is 6.61 Å². The monoisotopic (exact) mass is 288 g/mol. The van der Waals surface area contributed by atoms with Crippen molar-refractivity contribution < 1.29 is 9.53 Å². The minimum Gasteiger partial charge on any atom is -0.494 e. The number of carbonyl (C=O) groups is 1. The Morgan fingerprint density at radius 1 is 1.05 bits per heavy atom. The maximum absolute atomic E-state index is 12.5. The number of ketones is 1. The number of hydrogen-bond acceptors (Lipinski definition) is 2. The summed E-state index contributed by atoms with van der Waals surface area (Å²) in [6.07, 6.45) is 8.17. The highest BCUT2D eigenvalue weighted by molar-refractivity contribution is 5.98. The van der Waals surface area contributed by atoms with Crippen molar-refractivity contribution in [1.29, 1.82) is 0 Å². The van der Waals surface area contributed by atoms with E-state index in [9.17, 15) is 4.79 Å². The largest absolute Gasteiger partial charge is 0.494 e. The van der Waals surface area contributed by atoms with Crippen LogP contribution in [0, 0.1) is 11.8 Å². The van der Waals surface area contributed by atoms with E-state index in [1.54, 1.807) is 0 Å². The van der Waals surface area contributed by atoms with E-state index in [1.165, 1.54) is 25.7 Å². The maximum atomic E-state index is 12.5. The van der Waals surface area contributed by atoms with E-state index < -0.39 is 0 Å². The Morgan fingerprint density at radius 2 is 1.71 bits per heavy atom. The molecule has 1 aromatic carbocycles. The number of carbonyl (C=O) groups excluding carboxylic acids is 1. The molecule has 1 aliphatic rings. The zero-order valence-corrected chi connectivity index (χ0v) is 13.4. The summed E-state index contributed by atoms with van der Waals surface area (Å²) in [5.74, 6) is 2.27. The third-order valence-electron chi connectivity index (χ3n) is 4.53. The average Bonchev–Trinajstić information content (AvgIpc) is 2.54. The van der Waals surface area contributed by atoms with Gasteiger partial charge in [0.1, 0.15) is 5.75 Å². The predicted octanol–water partition coefficient (Wildman–Crippen LogP) is 5.26. The van der Waals surface area contributed by atoms with E-state index in [0.29, 0.717) is 5.78 Å². The SMILES string of the molecule is CCCOc1ccc(C(=O)C2CCC(CCC)CC2)cc1. The Hall–Kier alpha value is -1.31. The summed E-state index contributed by atoms with van der Waals surface area (Å²) in [5.41, 5.74) is 0.845. The Morgan fingerprint density at radius 3 is 2.29 bits per heavy atom. The van der Waals surface area contributed by atoms with Crippen LogP contribution in [0.2, 0.25) is 0 Å². The van der Waals surface area contributed by atoms with Gasteiger partial charge in [0.2, 0.25) is 0 Å². The molecule has 0 amide bonds.